The molecule has 1 aliphatic rings. The number of halogens is 1. The van der Waals surface area contributed by atoms with Gasteiger partial charge in [-0.1, -0.05) is 36.8 Å². The first-order chi connectivity index (χ1) is 12.7. The van der Waals surface area contributed by atoms with Crippen molar-refractivity contribution in [3.05, 3.63) is 39.4 Å². The van der Waals surface area contributed by atoms with Crippen LogP contribution in [-0.4, -0.2) is 23.3 Å². The zero-order valence-electron chi connectivity index (χ0n) is 15.7. The van der Waals surface area contributed by atoms with E-state index in [0.717, 1.165) is 23.4 Å². The lowest BCUT2D eigenvalue weighted by Crippen LogP contribution is -2.26. The molecule has 2 aromatic rings. The molecular formula is C20H23ClN2O3S. The third-order valence-corrected chi connectivity index (χ3v) is 5.71. The van der Waals surface area contributed by atoms with E-state index in [9.17, 15) is 9.59 Å². The largest absolute Gasteiger partial charge is 0.493 e. The maximum Gasteiger partial charge on any atom is 0.226 e. The van der Waals surface area contributed by atoms with Crippen LogP contribution in [0.2, 0.25) is 5.02 Å². The topological polar surface area (TPSA) is 68.3 Å². The van der Waals surface area contributed by atoms with Crippen molar-refractivity contribution in [2.75, 3.05) is 11.9 Å². The second-order valence-corrected chi connectivity index (χ2v) is 9.08. The SMILES string of the molecule is Cc1cc(Cl)ccc1OCCCC(=O)Nc1nc2c(s1)C(=O)CC(C)(C)C2. The highest BCUT2D eigenvalue weighted by Gasteiger charge is 2.34. The first kappa shape index (κ1) is 19.8. The van der Waals surface area contributed by atoms with Gasteiger partial charge in [-0.15, -0.1) is 0 Å². The number of hydrogen-bond acceptors (Lipinski definition) is 5. The predicted octanol–water partition coefficient (Wildman–Crippen LogP) is 5.06. The normalized spacial score (nSPS) is 15.3. The van der Waals surface area contributed by atoms with Gasteiger partial charge in [0.05, 0.1) is 17.2 Å². The van der Waals surface area contributed by atoms with Crippen LogP contribution in [0, 0.1) is 12.3 Å². The number of nitrogens with zero attached hydrogens (tertiary/aromatic N) is 1. The molecule has 144 valence electrons. The lowest BCUT2D eigenvalue weighted by Gasteiger charge is -2.26. The number of ether oxygens (including phenoxy) is 1. The van der Waals surface area contributed by atoms with E-state index in [1.807, 2.05) is 19.1 Å². The van der Waals surface area contributed by atoms with Gasteiger partial charge in [-0.05, 0) is 48.9 Å². The van der Waals surface area contributed by atoms with Crippen molar-refractivity contribution in [3.63, 3.8) is 0 Å². The van der Waals surface area contributed by atoms with Gasteiger partial charge in [0.1, 0.15) is 5.75 Å². The van der Waals surface area contributed by atoms with E-state index in [4.69, 9.17) is 16.3 Å². The minimum absolute atomic E-state index is 0.0728. The van der Waals surface area contributed by atoms with Crippen molar-refractivity contribution in [1.82, 2.24) is 4.98 Å². The lowest BCUT2D eigenvalue weighted by atomic mass is 9.78. The molecule has 0 aliphatic heterocycles. The maximum atomic E-state index is 12.2. The number of amides is 1. The quantitative estimate of drug-likeness (QED) is 0.681. The van der Waals surface area contributed by atoms with E-state index in [2.05, 4.69) is 24.1 Å². The van der Waals surface area contributed by atoms with Crippen LogP contribution in [0.15, 0.2) is 18.2 Å². The maximum absolute atomic E-state index is 12.2. The number of carbonyl (C=O) groups is 2. The molecule has 3 rings (SSSR count). The summed E-state index contributed by atoms with van der Waals surface area (Å²) < 4.78 is 5.70. The summed E-state index contributed by atoms with van der Waals surface area (Å²) in [6.07, 6.45) is 2.20. The van der Waals surface area contributed by atoms with Crippen molar-refractivity contribution in [2.45, 2.75) is 46.5 Å². The molecule has 1 aliphatic carbocycles. The minimum atomic E-state index is -0.121. The Labute approximate surface area is 168 Å². The van der Waals surface area contributed by atoms with Gasteiger partial charge < -0.3 is 10.1 Å². The third-order valence-electron chi connectivity index (χ3n) is 4.42. The van der Waals surface area contributed by atoms with Gasteiger partial charge >= 0.3 is 0 Å². The monoisotopic (exact) mass is 406 g/mol. The molecule has 0 atom stereocenters. The molecule has 5 nitrogen and oxygen atoms in total. The van der Waals surface area contributed by atoms with Gasteiger partial charge in [0.25, 0.3) is 0 Å². The Bertz CT molecular complexity index is 876. The van der Waals surface area contributed by atoms with Crippen LogP contribution in [0.25, 0.3) is 0 Å². The zero-order chi connectivity index (χ0) is 19.6. The van der Waals surface area contributed by atoms with Crippen LogP contribution < -0.4 is 10.1 Å². The van der Waals surface area contributed by atoms with Crippen LogP contribution in [0.5, 0.6) is 5.75 Å². The van der Waals surface area contributed by atoms with Crippen molar-refractivity contribution in [2.24, 2.45) is 5.41 Å². The first-order valence-corrected chi connectivity index (χ1v) is 10.1. The molecule has 0 spiro atoms. The third kappa shape index (κ3) is 5.08. The second-order valence-electron chi connectivity index (χ2n) is 7.65. The van der Waals surface area contributed by atoms with Crippen LogP contribution in [0.4, 0.5) is 5.13 Å². The number of anilines is 1. The van der Waals surface area contributed by atoms with E-state index >= 15 is 0 Å². The number of benzene rings is 1. The summed E-state index contributed by atoms with van der Waals surface area (Å²) in [4.78, 5) is 29.5. The van der Waals surface area contributed by atoms with Crippen molar-refractivity contribution in [3.8, 4) is 5.75 Å². The number of nitrogens with one attached hydrogen (secondary N) is 1. The first-order valence-electron chi connectivity index (χ1n) is 8.95. The number of rotatable bonds is 6. The van der Waals surface area contributed by atoms with Gasteiger partial charge in [-0.2, -0.15) is 0 Å². The number of thiazole rings is 1. The summed E-state index contributed by atoms with van der Waals surface area (Å²) >= 11 is 7.20. The van der Waals surface area contributed by atoms with Gasteiger partial charge in [0.15, 0.2) is 10.9 Å². The number of Topliss-reactive ketones (excluding diaryl/α,β-unsaturated/α-hetero) is 1. The van der Waals surface area contributed by atoms with Gasteiger partial charge in [-0.25, -0.2) is 4.98 Å². The molecule has 1 aromatic carbocycles. The van der Waals surface area contributed by atoms with Gasteiger partial charge in [0.2, 0.25) is 5.91 Å². The fourth-order valence-corrected chi connectivity index (χ4v) is 4.31. The Morgan fingerprint density at radius 3 is 2.89 bits per heavy atom. The molecule has 0 fully saturated rings. The summed E-state index contributed by atoms with van der Waals surface area (Å²) in [5.74, 6) is 0.767. The van der Waals surface area contributed by atoms with Crippen molar-refractivity contribution >= 4 is 39.8 Å². The van der Waals surface area contributed by atoms with Crippen LogP contribution >= 0.6 is 22.9 Å². The standard InChI is InChI=1S/C20H23ClN2O3S/c1-12-9-13(21)6-7-16(12)26-8-4-5-17(25)23-19-22-14-10-20(2,3)11-15(24)18(14)27-19/h6-7,9H,4-5,8,10-11H2,1-3H3,(H,22,23,25). The molecule has 0 saturated carbocycles. The lowest BCUT2D eigenvalue weighted by molar-refractivity contribution is -0.116. The molecule has 7 heteroatoms. The number of fused-ring (bicyclic) bond motifs is 1. The molecule has 0 unspecified atom stereocenters. The number of hydrogen-bond donors (Lipinski definition) is 1. The Kier molecular flexibility index (Phi) is 5.86. The van der Waals surface area contributed by atoms with Crippen LogP contribution in [-0.2, 0) is 11.2 Å². The molecule has 0 radical (unpaired) electrons. The Morgan fingerprint density at radius 1 is 1.37 bits per heavy atom. The van der Waals surface area contributed by atoms with Crippen molar-refractivity contribution in [1.29, 1.82) is 0 Å². The van der Waals surface area contributed by atoms with Crippen molar-refractivity contribution < 1.29 is 14.3 Å². The molecular weight excluding hydrogens is 384 g/mol. The number of aromatic nitrogens is 1. The Balaban J connectivity index is 1.48. The molecule has 1 heterocycles. The summed E-state index contributed by atoms with van der Waals surface area (Å²) in [5, 5.41) is 3.99. The van der Waals surface area contributed by atoms with E-state index in [-0.39, 0.29) is 17.1 Å². The molecule has 0 bridgehead atoms. The average molecular weight is 407 g/mol. The Morgan fingerprint density at radius 2 is 2.15 bits per heavy atom. The highest BCUT2D eigenvalue weighted by Crippen LogP contribution is 2.38. The van der Waals surface area contributed by atoms with E-state index in [1.54, 1.807) is 6.07 Å². The molecule has 1 amide bonds. The summed E-state index contributed by atoms with van der Waals surface area (Å²) in [7, 11) is 0. The van der Waals surface area contributed by atoms with Crippen LogP contribution in [0.3, 0.4) is 0 Å². The number of aryl methyl sites for hydroxylation is 1. The number of ketones is 1. The highest BCUT2D eigenvalue weighted by atomic mass is 35.5. The minimum Gasteiger partial charge on any atom is -0.493 e. The van der Waals surface area contributed by atoms with Gasteiger partial charge in [-0.3, -0.25) is 9.59 Å². The zero-order valence-corrected chi connectivity index (χ0v) is 17.3. The molecule has 1 aromatic heterocycles. The summed E-state index contributed by atoms with van der Waals surface area (Å²) in [5.41, 5.74) is 1.70. The average Bonchev–Trinajstić information content (AvgIpc) is 2.94. The fourth-order valence-electron chi connectivity index (χ4n) is 3.14. The van der Waals surface area contributed by atoms with Crippen LogP contribution in [0.1, 0.15) is 54.0 Å². The molecule has 0 saturated heterocycles. The number of carbonyl (C=O) groups excluding carboxylic acids is 2. The molecule has 27 heavy (non-hydrogen) atoms. The van der Waals surface area contributed by atoms with E-state index in [0.29, 0.717) is 40.9 Å². The molecule has 1 N–H and O–H groups in total. The summed E-state index contributed by atoms with van der Waals surface area (Å²) in [6.45, 7) is 6.50. The highest BCUT2D eigenvalue weighted by molar-refractivity contribution is 7.17. The second kappa shape index (κ2) is 7.98. The predicted molar refractivity (Wildman–Crippen MR) is 108 cm³/mol. The van der Waals surface area contributed by atoms with Gasteiger partial charge in [0, 0.05) is 17.9 Å². The Hall–Kier alpha value is -1.92. The van der Waals surface area contributed by atoms with E-state index in [1.165, 1.54) is 11.3 Å². The summed E-state index contributed by atoms with van der Waals surface area (Å²) in [6, 6.07) is 5.45. The van der Waals surface area contributed by atoms with E-state index < -0.39 is 0 Å². The smallest absolute Gasteiger partial charge is 0.226 e. The fraction of sp³-hybridized carbons (Fsp3) is 0.450.